The maximum Gasteiger partial charge on any atom is 0.289 e. The Morgan fingerprint density at radius 1 is 1.43 bits per heavy atom. The maximum absolute atomic E-state index is 12.8. The van der Waals surface area contributed by atoms with Crippen molar-refractivity contribution in [1.82, 2.24) is 14.8 Å². The Balaban J connectivity index is 1.47. The largest absolute Gasteiger partial charge is 0.369 e. The van der Waals surface area contributed by atoms with Crippen LogP contribution in [0.1, 0.15) is 18.9 Å². The minimum absolute atomic E-state index is 0.135. The van der Waals surface area contributed by atoms with Crippen LogP contribution in [-0.2, 0) is 16.0 Å². The fourth-order valence-corrected chi connectivity index (χ4v) is 4.97. The topological polar surface area (TPSA) is 85.9 Å². The number of hydrogen-bond acceptors (Lipinski definition) is 7. The summed E-state index contributed by atoms with van der Waals surface area (Å²) >= 11 is 0.963. The van der Waals surface area contributed by atoms with E-state index in [-0.39, 0.29) is 35.4 Å². The molecule has 8 nitrogen and oxygen atoms in total. The van der Waals surface area contributed by atoms with Crippen molar-refractivity contribution in [1.29, 1.82) is 0 Å². The number of aromatic nitrogens is 1. The molecule has 0 aliphatic carbocycles. The van der Waals surface area contributed by atoms with Gasteiger partial charge in [0.15, 0.2) is 0 Å². The maximum atomic E-state index is 12.8. The van der Waals surface area contributed by atoms with E-state index < -0.39 is 0 Å². The van der Waals surface area contributed by atoms with Crippen LogP contribution in [-0.4, -0.2) is 76.9 Å². The van der Waals surface area contributed by atoms with Gasteiger partial charge in [0, 0.05) is 50.2 Å². The lowest BCUT2D eigenvalue weighted by Crippen LogP contribution is -2.54. The summed E-state index contributed by atoms with van der Waals surface area (Å²) in [6, 6.07) is 2.21. The van der Waals surface area contributed by atoms with Crippen molar-refractivity contribution >= 4 is 40.3 Å². The van der Waals surface area contributed by atoms with Crippen molar-refractivity contribution < 1.29 is 14.4 Å². The summed E-state index contributed by atoms with van der Waals surface area (Å²) in [6.45, 7) is 4.21. The number of pyridine rings is 1. The predicted molar refractivity (Wildman–Crippen MR) is 109 cm³/mol. The fraction of sp³-hybridized carbons (Fsp3) is 0.579. The molecule has 0 bridgehead atoms. The molecule has 150 valence electrons. The summed E-state index contributed by atoms with van der Waals surface area (Å²) in [4.78, 5) is 45.9. The molecule has 3 aliphatic heterocycles. The number of fused-ring (bicyclic) bond motifs is 1. The highest BCUT2D eigenvalue weighted by Crippen LogP contribution is 2.33. The van der Waals surface area contributed by atoms with Gasteiger partial charge in [-0.1, -0.05) is 18.7 Å². The van der Waals surface area contributed by atoms with Gasteiger partial charge in [-0.3, -0.25) is 19.3 Å². The molecule has 0 spiro atoms. The zero-order valence-electron chi connectivity index (χ0n) is 16.2. The van der Waals surface area contributed by atoms with Crippen LogP contribution in [0.3, 0.4) is 0 Å². The van der Waals surface area contributed by atoms with Crippen molar-refractivity contribution in [3.05, 3.63) is 17.8 Å². The smallest absolute Gasteiger partial charge is 0.289 e. The van der Waals surface area contributed by atoms with E-state index in [1.165, 1.54) is 5.56 Å². The summed E-state index contributed by atoms with van der Waals surface area (Å²) in [5.74, 6) is 1.08. The van der Waals surface area contributed by atoms with Crippen LogP contribution in [0.25, 0.3) is 0 Å². The lowest BCUT2D eigenvalue weighted by atomic mass is 9.91. The van der Waals surface area contributed by atoms with Gasteiger partial charge in [0.05, 0.1) is 5.75 Å². The molecule has 2 saturated heterocycles. The van der Waals surface area contributed by atoms with Crippen LogP contribution in [0.2, 0.25) is 0 Å². The highest BCUT2D eigenvalue weighted by atomic mass is 32.2. The molecule has 1 aromatic rings. The van der Waals surface area contributed by atoms with E-state index in [1.807, 2.05) is 12.3 Å². The van der Waals surface area contributed by atoms with E-state index in [0.29, 0.717) is 19.0 Å². The number of likely N-dealkylation sites (tertiary alicyclic amines) is 1. The number of rotatable bonds is 4. The second-order valence-corrected chi connectivity index (χ2v) is 8.58. The van der Waals surface area contributed by atoms with Crippen molar-refractivity contribution in [3.63, 3.8) is 0 Å². The normalized spacial score (nSPS) is 24.4. The average molecular weight is 404 g/mol. The fourth-order valence-electron chi connectivity index (χ4n) is 4.24. The molecule has 1 aromatic heterocycles. The van der Waals surface area contributed by atoms with Gasteiger partial charge in [-0.2, -0.15) is 0 Å². The zero-order chi connectivity index (χ0) is 19.8. The molecular formula is C19H25N5O3S. The Bertz CT molecular complexity index is 801. The van der Waals surface area contributed by atoms with E-state index in [0.717, 1.165) is 47.6 Å². The Kier molecular flexibility index (Phi) is 5.18. The summed E-state index contributed by atoms with van der Waals surface area (Å²) in [5, 5.41) is 2.99. The van der Waals surface area contributed by atoms with Gasteiger partial charge in [0.25, 0.3) is 5.24 Å². The molecule has 2 fully saturated rings. The highest BCUT2D eigenvalue weighted by molar-refractivity contribution is 8.14. The molecule has 1 unspecified atom stereocenters. The van der Waals surface area contributed by atoms with Crippen LogP contribution in [0.4, 0.5) is 16.3 Å². The highest BCUT2D eigenvalue weighted by Gasteiger charge is 2.36. The van der Waals surface area contributed by atoms with Crippen molar-refractivity contribution in [3.8, 4) is 0 Å². The molecule has 0 radical (unpaired) electrons. The number of anilines is 2. The van der Waals surface area contributed by atoms with Crippen LogP contribution in [0.15, 0.2) is 12.3 Å². The van der Waals surface area contributed by atoms with Gasteiger partial charge in [-0.05, 0) is 24.8 Å². The molecule has 2 atom stereocenters. The van der Waals surface area contributed by atoms with Gasteiger partial charge in [0.2, 0.25) is 11.8 Å². The molecule has 9 heteroatoms. The number of imide groups is 1. The first kappa shape index (κ1) is 19.0. The molecule has 3 aliphatic rings. The standard InChI is InChI=1S/C19H25N5O3S/c1-12-5-8-23(16(25)10-24-17(26)11-28-19(24)27)9-15(12)22(2)14-4-7-21-18-13(14)3-6-20-18/h4,7,12,15H,3,5-6,8-11H2,1-2H3,(H,20,21)/t12-,15?/m1/s1. The number of piperidine rings is 1. The Morgan fingerprint density at radius 2 is 2.25 bits per heavy atom. The lowest BCUT2D eigenvalue weighted by Gasteiger charge is -2.43. The summed E-state index contributed by atoms with van der Waals surface area (Å²) in [5.41, 5.74) is 2.38. The van der Waals surface area contributed by atoms with Crippen LogP contribution < -0.4 is 10.2 Å². The Hall–Kier alpha value is -2.29. The van der Waals surface area contributed by atoms with Crippen molar-refractivity contribution in [2.45, 2.75) is 25.8 Å². The number of amides is 3. The summed E-state index contributed by atoms with van der Waals surface area (Å²) < 4.78 is 0. The van der Waals surface area contributed by atoms with Gasteiger partial charge < -0.3 is 15.1 Å². The monoisotopic (exact) mass is 403 g/mol. The van der Waals surface area contributed by atoms with E-state index >= 15 is 0 Å². The first-order valence-corrected chi connectivity index (χ1v) is 10.6. The summed E-state index contributed by atoms with van der Waals surface area (Å²) in [6.07, 6.45) is 3.66. The van der Waals surface area contributed by atoms with Crippen molar-refractivity contribution in [2.75, 3.05) is 49.2 Å². The number of carbonyl (C=O) groups excluding carboxylic acids is 3. The minimum Gasteiger partial charge on any atom is -0.369 e. The van der Waals surface area contributed by atoms with E-state index in [9.17, 15) is 14.4 Å². The lowest BCUT2D eigenvalue weighted by molar-refractivity contribution is -0.137. The second-order valence-electron chi connectivity index (χ2n) is 7.65. The third-order valence-electron chi connectivity index (χ3n) is 5.98. The van der Waals surface area contributed by atoms with Gasteiger partial charge >= 0.3 is 0 Å². The number of carbonyl (C=O) groups is 3. The molecule has 0 saturated carbocycles. The van der Waals surface area contributed by atoms with Crippen molar-refractivity contribution in [2.24, 2.45) is 5.92 Å². The Morgan fingerprint density at radius 3 is 3.00 bits per heavy atom. The van der Waals surface area contributed by atoms with Gasteiger partial charge in [-0.25, -0.2) is 4.98 Å². The quantitative estimate of drug-likeness (QED) is 0.814. The molecule has 1 N–H and O–H groups in total. The molecule has 28 heavy (non-hydrogen) atoms. The third kappa shape index (κ3) is 3.43. The molecular weight excluding hydrogens is 378 g/mol. The van der Waals surface area contributed by atoms with E-state index in [4.69, 9.17) is 0 Å². The van der Waals surface area contributed by atoms with Crippen LogP contribution in [0, 0.1) is 5.92 Å². The van der Waals surface area contributed by atoms with E-state index in [2.05, 4.69) is 29.2 Å². The van der Waals surface area contributed by atoms with Gasteiger partial charge in [-0.15, -0.1) is 0 Å². The Labute approximate surface area is 168 Å². The first-order chi connectivity index (χ1) is 13.5. The molecule has 3 amide bonds. The number of nitrogens with zero attached hydrogens (tertiary/aromatic N) is 4. The molecule has 4 heterocycles. The summed E-state index contributed by atoms with van der Waals surface area (Å²) in [7, 11) is 2.08. The molecule has 4 rings (SSSR count). The van der Waals surface area contributed by atoms with E-state index in [1.54, 1.807) is 4.90 Å². The second kappa shape index (κ2) is 7.62. The van der Waals surface area contributed by atoms with Crippen LogP contribution in [0.5, 0.6) is 0 Å². The molecule has 0 aromatic carbocycles. The minimum atomic E-state index is -0.322. The number of likely N-dealkylation sites (N-methyl/N-ethyl adjacent to an activating group) is 1. The van der Waals surface area contributed by atoms with Crippen LogP contribution >= 0.6 is 11.8 Å². The predicted octanol–water partition coefficient (Wildman–Crippen LogP) is 1.42. The average Bonchev–Trinajstić information content (AvgIpc) is 3.29. The van der Waals surface area contributed by atoms with Gasteiger partial charge in [0.1, 0.15) is 12.4 Å². The first-order valence-electron chi connectivity index (χ1n) is 9.65. The zero-order valence-corrected chi connectivity index (χ0v) is 17.0. The number of nitrogens with one attached hydrogen (secondary N) is 1. The number of hydrogen-bond donors (Lipinski definition) is 1. The number of thioether (sulfide) groups is 1. The SMILES string of the molecule is C[C@@H]1CCN(C(=O)CN2C(=O)CSC2=O)CC1N(C)c1ccnc2c1CCN2. The third-order valence-corrected chi connectivity index (χ3v) is 6.84.